The number of para-hydroxylation sites is 1. The zero-order valence-electron chi connectivity index (χ0n) is 16.5. The first-order valence-electron chi connectivity index (χ1n) is 8.84. The summed E-state index contributed by atoms with van der Waals surface area (Å²) in [5.74, 6) is 0. The molecule has 3 aromatic carbocycles. The van der Waals surface area contributed by atoms with E-state index in [1.807, 2.05) is 30.3 Å². The van der Waals surface area contributed by atoms with Crippen molar-refractivity contribution in [2.24, 2.45) is 0 Å². The van der Waals surface area contributed by atoms with Gasteiger partial charge in [-0.3, -0.25) is 4.72 Å². The average molecular weight is 417 g/mol. The molecule has 2 amide bonds. The van der Waals surface area contributed by atoms with E-state index in [9.17, 15) is 4.79 Å². The number of amides is 2. The summed E-state index contributed by atoms with van der Waals surface area (Å²) < 4.78 is 3.32. The molecule has 8 heteroatoms. The molecular formula is C21H28N4O3S. The average Bonchev–Trinajstić information content (AvgIpc) is 2.68. The van der Waals surface area contributed by atoms with Gasteiger partial charge >= 0.3 is 6.03 Å². The monoisotopic (exact) mass is 416 g/mol. The normalized spacial score (nSPS) is 9.86. The first kappa shape index (κ1) is 24.3. The van der Waals surface area contributed by atoms with E-state index < -0.39 is 0 Å². The standard InChI is InChI=1S/C21H24N4OS.2H2O/c1-25(2)19-12-6-11-18-17(19)10-7-13-20(18)27-23-15-14-22-21(26)24-16-8-4-3-5-9-16;;/h3-13,23H,14-15H2,1-2H3,(H2,22,24,26);2*1H2. The first-order chi connectivity index (χ1) is 13.1. The molecule has 7 nitrogen and oxygen atoms in total. The zero-order chi connectivity index (χ0) is 19.1. The summed E-state index contributed by atoms with van der Waals surface area (Å²) in [6.07, 6.45) is 0. The minimum atomic E-state index is -0.200. The van der Waals surface area contributed by atoms with Crippen molar-refractivity contribution in [3.05, 3.63) is 66.7 Å². The van der Waals surface area contributed by atoms with Gasteiger partial charge in [0, 0.05) is 48.8 Å². The number of hydrogen-bond acceptors (Lipinski definition) is 4. The van der Waals surface area contributed by atoms with Gasteiger partial charge in [0.2, 0.25) is 0 Å². The Hall–Kier alpha value is -2.78. The van der Waals surface area contributed by atoms with Crippen LogP contribution in [-0.2, 0) is 0 Å². The number of rotatable bonds is 7. The van der Waals surface area contributed by atoms with E-state index in [2.05, 4.69) is 70.7 Å². The molecule has 29 heavy (non-hydrogen) atoms. The summed E-state index contributed by atoms with van der Waals surface area (Å²) in [4.78, 5) is 15.2. The van der Waals surface area contributed by atoms with Crippen LogP contribution in [-0.4, -0.2) is 44.2 Å². The van der Waals surface area contributed by atoms with Gasteiger partial charge in [0.15, 0.2) is 0 Å². The molecule has 3 aromatic rings. The van der Waals surface area contributed by atoms with Gasteiger partial charge in [-0.25, -0.2) is 4.79 Å². The number of nitrogens with one attached hydrogen (secondary N) is 3. The molecule has 0 saturated heterocycles. The second-order valence-corrected chi connectivity index (χ2v) is 7.20. The highest BCUT2D eigenvalue weighted by Crippen LogP contribution is 2.31. The van der Waals surface area contributed by atoms with Crippen LogP contribution in [0.5, 0.6) is 0 Å². The fourth-order valence-corrected chi connectivity index (χ4v) is 3.59. The third-order valence-electron chi connectivity index (χ3n) is 4.07. The van der Waals surface area contributed by atoms with E-state index >= 15 is 0 Å². The highest BCUT2D eigenvalue weighted by atomic mass is 32.2. The highest BCUT2D eigenvalue weighted by molar-refractivity contribution is 7.97. The molecule has 156 valence electrons. The quantitative estimate of drug-likeness (QED) is 0.405. The van der Waals surface area contributed by atoms with Crippen molar-refractivity contribution in [3.63, 3.8) is 0 Å². The van der Waals surface area contributed by atoms with Crippen LogP contribution in [0.2, 0.25) is 0 Å². The zero-order valence-corrected chi connectivity index (χ0v) is 17.3. The minimum absolute atomic E-state index is 0. The Morgan fingerprint density at radius 3 is 2.28 bits per heavy atom. The van der Waals surface area contributed by atoms with Gasteiger partial charge < -0.3 is 26.5 Å². The largest absolute Gasteiger partial charge is 0.412 e. The number of carbonyl (C=O) groups excluding carboxylic acids is 1. The number of fused-ring (bicyclic) bond motifs is 1. The van der Waals surface area contributed by atoms with Crippen molar-refractivity contribution in [2.75, 3.05) is 37.4 Å². The third kappa shape index (κ3) is 6.65. The van der Waals surface area contributed by atoms with E-state index in [0.29, 0.717) is 13.1 Å². The summed E-state index contributed by atoms with van der Waals surface area (Å²) in [6.45, 7) is 1.20. The number of nitrogens with zero attached hydrogens (tertiary/aromatic N) is 1. The maximum Gasteiger partial charge on any atom is 0.319 e. The van der Waals surface area contributed by atoms with Crippen LogP contribution in [0.1, 0.15) is 0 Å². The van der Waals surface area contributed by atoms with Crippen molar-refractivity contribution in [2.45, 2.75) is 4.90 Å². The fourth-order valence-electron chi connectivity index (χ4n) is 2.80. The molecule has 0 bridgehead atoms. The fraction of sp³-hybridized carbons (Fsp3) is 0.190. The van der Waals surface area contributed by atoms with Crippen LogP contribution in [0, 0.1) is 0 Å². The smallest absolute Gasteiger partial charge is 0.319 e. The van der Waals surface area contributed by atoms with E-state index in [1.165, 1.54) is 21.4 Å². The Morgan fingerprint density at radius 1 is 0.862 bits per heavy atom. The Morgan fingerprint density at radius 2 is 1.55 bits per heavy atom. The van der Waals surface area contributed by atoms with Gasteiger partial charge in [-0.05, 0) is 41.6 Å². The first-order valence-corrected chi connectivity index (χ1v) is 9.65. The molecule has 0 saturated carbocycles. The highest BCUT2D eigenvalue weighted by Gasteiger charge is 2.07. The molecule has 0 aliphatic rings. The maximum atomic E-state index is 11.9. The Bertz CT molecular complexity index is 907. The molecule has 0 spiro atoms. The molecule has 0 radical (unpaired) electrons. The number of benzene rings is 3. The van der Waals surface area contributed by atoms with E-state index in [-0.39, 0.29) is 17.0 Å². The molecule has 7 N–H and O–H groups in total. The Kier molecular flexibility index (Phi) is 9.98. The van der Waals surface area contributed by atoms with Gasteiger partial charge in [-0.15, -0.1) is 0 Å². The lowest BCUT2D eigenvalue weighted by molar-refractivity contribution is 0.252. The van der Waals surface area contributed by atoms with Gasteiger partial charge in [0.25, 0.3) is 0 Å². The SMILES string of the molecule is CN(C)c1cccc2c(SNCCNC(=O)Nc3ccccc3)cccc12.O.O. The molecule has 0 aliphatic heterocycles. The molecular weight excluding hydrogens is 388 g/mol. The van der Waals surface area contributed by atoms with E-state index in [0.717, 1.165) is 5.69 Å². The number of carbonyl (C=O) groups is 1. The molecule has 0 fully saturated rings. The van der Waals surface area contributed by atoms with Crippen LogP contribution in [0.15, 0.2) is 71.6 Å². The predicted molar refractivity (Wildman–Crippen MR) is 123 cm³/mol. The summed E-state index contributed by atoms with van der Waals surface area (Å²) in [6, 6.07) is 21.9. The topological polar surface area (TPSA) is 119 Å². The molecule has 3 rings (SSSR count). The van der Waals surface area contributed by atoms with Gasteiger partial charge in [0.05, 0.1) is 0 Å². The van der Waals surface area contributed by atoms with Crippen LogP contribution in [0.3, 0.4) is 0 Å². The van der Waals surface area contributed by atoms with Gasteiger partial charge in [0.1, 0.15) is 0 Å². The lowest BCUT2D eigenvalue weighted by Gasteiger charge is -2.16. The van der Waals surface area contributed by atoms with Crippen molar-refractivity contribution in [3.8, 4) is 0 Å². The molecule has 0 heterocycles. The second-order valence-electron chi connectivity index (χ2n) is 6.27. The van der Waals surface area contributed by atoms with Gasteiger partial charge in [-0.1, -0.05) is 42.5 Å². The van der Waals surface area contributed by atoms with Crippen LogP contribution in [0.25, 0.3) is 10.8 Å². The van der Waals surface area contributed by atoms with E-state index in [1.54, 1.807) is 11.9 Å². The lowest BCUT2D eigenvalue weighted by Crippen LogP contribution is -2.33. The molecule has 0 aliphatic carbocycles. The predicted octanol–water partition coefficient (Wildman–Crippen LogP) is 2.67. The summed E-state index contributed by atoms with van der Waals surface area (Å²) in [7, 11) is 4.11. The summed E-state index contributed by atoms with van der Waals surface area (Å²) in [5.41, 5.74) is 1.99. The third-order valence-corrected chi connectivity index (χ3v) is 4.99. The second kappa shape index (κ2) is 11.9. The summed E-state index contributed by atoms with van der Waals surface area (Å²) >= 11 is 1.59. The van der Waals surface area contributed by atoms with Crippen molar-refractivity contribution in [1.29, 1.82) is 0 Å². The Labute approximate surface area is 175 Å². The number of anilines is 2. The van der Waals surface area contributed by atoms with Crippen molar-refractivity contribution < 1.29 is 15.7 Å². The molecule has 0 unspecified atom stereocenters. The minimum Gasteiger partial charge on any atom is -0.412 e. The molecule has 0 atom stereocenters. The van der Waals surface area contributed by atoms with E-state index in [4.69, 9.17) is 0 Å². The van der Waals surface area contributed by atoms with Crippen molar-refractivity contribution >= 4 is 40.1 Å². The number of urea groups is 1. The Balaban J connectivity index is 0.00000210. The van der Waals surface area contributed by atoms with Gasteiger partial charge in [-0.2, -0.15) is 0 Å². The van der Waals surface area contributed by atoms with Crippen molar-refractivity contribution in [1.82, 2.24) is 10.0 Å². The maximum absolute atomic E-state index is 11.9. The van der Waals surface area contributed by atoms with Crippen LogP contribution in [0.4, 0.5) is 16.2 Å². The van der Waals surface area contributed by atoms with Crippen LogP contribution >= 0.6 is 11.9 Å². The number of hydrogen-bond donors (Lipinski definition) is 3. The summed E-state index contributed by atoms with van der Waals surface area (Å²) in [5, 5.41) is 8.10. The lowest BCUT2D eigenvalue weighted by atomic mass is 10.1. The van der Waals surface area contributed by atoms with Crippen LogP contribution < -0.4 is 20.3 Å². The molecule has 0 aromatic heterocycles.